The Morgan fingerprint density at radius 2 is 1.51 bits per heavy atom. The first kappa shape index (κ1) is 28.4. The molecule has 1 aromatic rings. The number of carbonyl (C=O) groups is 2. The molecule has 10 nitrogen and oxygen atoms in total. The summed E-state index contributed by atoms with van der Waals surface area (Å²) in [6, 6.07) is 7.03. The average molecular weight is 527 g/mol. The van der Waals surface area contributed by atoms with Gasteiger partial charge >= 0.3 is 11.9 Å². The van der Waals surface area contributed by atoms with Crippen molar-refractivity contribution < 1.29 is 35.9 Å². The van der Waals surface area contributed by atoms with Crippen molar-refractivity contribution in [3.63, 3.8) is 0 Å². The third-order valence-corrected chi connectivity index (χ3v) is 6.56. The second-order valence-corrected chi connectivity index (χ2v) is 11.9. The minimum absolute atomic E-state index is 0.256. The van der Waals surface area contributed by atoms with Crippen LogP contribution in [-0.4, -0.2) is 60.5 Å². The second kappa shape index (κ2) is 12.2. The molecule has 0 aromatic heterocycles. The molecule has 2 N–H and O–H groups in total. The van der Waals surface area contributed by atoms with Gasteiger partial charge in [0.2, 0.25) is 20.0 Å². The normalized spacial score (nSPS) is 19.9. The number of rotatable bonds is 12. The molecule has 0 aliphatic heterocycles. The van der Waals surface area contributed by atoms with Crippen molar-refractivity contribution in [2.75, 3.05) is 25.7 Å². The summed E-state index contributed by atoms with van der Waals surface area (Å²) in [5.74, 6) is -1.74. The second-order valence-electron chi connectivity index (χ2n) is 8.39. The summed E-state index contributed by atoms with van der Waals surface area (Å²) < 4.78 is 62.0. The van der Waals surface area contributed by atoms with Crippen LogP contribution in [0.5, 0.6) is 0 Å². The zero-order chi connectivity index (χ0) is 26.1. The number of hydrogen-bond donors (Lipinski definition) is 2. The Hall–Kier alpha value is -2.80. The van der Waals surface area contributed by atoms with Crippen molar-refractivity contribution >= 4 is 32.0 Å². The molecule has 0 heterocycles. The van der Waals surface area contributed by atoms with Crippen LogP contribution in [-0.2, 0) is 39.1 Å². The molecule has 192 valence electrons. The summed E-state index contributed by atoms with van der Waals surface area (Å²) in [6.07, 6.45) is 11.6. The van der Waals surface area contributed by atoms with Crippen LogP contribution in [0, 0.1) is 5.41 Å². The fourth-order valence-corrected chi connectivity index (χ4v) is 4.90. The first-order chi connectivity index (χ1) is 16.3. The Labute approximate surface area is 206 Å². The van der Waals surface area contributed by atoms with Gasteiger partial charge in [-0.2, -0.15) is 0 Å². The van der Waals surface area contributed by atoms with E-state index in [-0.39, 0.29) is 13.2 Å². The Kier molecular flexibility index (Phi) is 9.95. The lowest BCUT2D eigenvalue weighted by atomic mass is 9.77. The maximum absolute atomic E-state index is 12.1. The summed E-state index contributed by atoms with van der Waals surface area (Å²) in [7, 11) is -7.16. The Balaban J connectivity index is 1.95. The molecule has 0 fully saturated rings. The van der Waals surface area contributed by atoms with E-state index in [1.54, 1.807) is 36.4 Å². The Morgan fingerprint density at radius 3 is 2.03 bits per heavy atom. The third kappa shape index (κ3) is 10.6. The Morgan fingerprint density at radius 1 is 0.943 bits per heavy atom. The van der Waals surface area contributed by atoms with Gasteiger partial charge in [-0.05, 0) is 12.0 Å². The molecule has 12 heteroatoms. The molecule has 2 rings (SSSR count). The smallest absolute Gasteiger partial charge is 0.331 e. The average Bonchev–Trinajstić information content (AvgIpc) is 2.77. The number of ether oxygens (including phenoxy) is 2. The van der Waals surface area contributed by atoms with Gasteiger partial charge in [-0.3, -0.25) is 0 Å². The van der Waals surface area contributed by atoms with Crippen LogP contribution >= 0.6 is 0 Å². The summed E-state index contributed by atoms with van der Waals surface area (Å²) in [5, 5.41) is 0. The van der Waals surface area contributed by atoms with E-state index in [1.807, 2.05) is 25.2 Å². The molecule has 0 saturated carbocycles. The number of hydrogen-bond acceptors (Lipinski definition) is 8. The van der Waals surface area contributed by atoms with Crippen LogP contribution in [0.25, 0.3) is 0 Å². The van der Waals surface area contributed by atoms with Crippen molar-refractivity contribution in [1.29, 1.82) is 0 Å². The molecule has 3 atom stereocenters. The van der Waals surface area contributed by atoms with Crippen LogP contribution in [0.4, 0.5) is 0 Å². The van der Waals surface area contributed by atoms with Gasteiger partial charge in [0.15, 0.2) is 0 Å². The summed E-state index contributed by atoms with van der Waals surface area (Å²) in [5.41, 5.74) is -0.0153. The number of sulfonamides is 2. The van der Waals surface area contributed by atoms with Crippen molar-refractivity contribution in [3.05, 3.63) is 72.4 Å². The number of benzene rings is 1. The molecule has 0 amide bonds. The monoisotopic (exact) mass is 526 g/mol. The molecule has 1 aromatic carbocycles. The highest BCUT2D eigenvalue weighted by molar-refractivity contribution is 7.89. The fraction of sp³-hybridized carbons (Fsp3) is 0.391. The van der Waals surface area contributed by atoms with Gasteiger partial charge in [-0.15, -0.1) is 0 Å². The summed E-state index contributed by atoms with van der Waals surface area (Å²) >= 11 is 0. The number of nitrogens with one attached hydrogen (secondary N) is 2. The third-order valence-electron chi connectivity index (χ3n) is 5.13. The van der Waals surface area contributed by atoms with Crippen LogP contribution in [0.15, 0.2) is 66.8 Å². The molecule has 1 aliphatic carbocycles. The van der Waals surface area contributed by atoms with Gasteiger partial charge < -0.3 is 9.47 Å². The first-order valence-electron chi connectivity index (χ1n) is 10.6. The van der Waals surface area contributed by atoms with E-state index in [0.717, 1.165) is 24.7 Å². The van der Waals surface area contributed by atoms with E-state index in [1.165, 1.54) is 0 Å². The predicted molar refractivity (Wildman–Crippen MR) is 131 cm³/mol. The maximum atomic E-state index is 12.1. The zero-order valence-corrected chi connectivity index (χ0v) is 21.3. The van der Waals surface area contributed by atoms with Crippen LogP contribution in [0.3, 0.4) is 0 Å². The summed E-state index contributed by atoms with van der Waals surface area (Å²) in [4.78, 5) is 24.2. The van der Waals surface area contributed by atoms with Gasteiger partial charge in [0.1, 0.15) is 13.2 Å². The molecular formula is C23H30N2O8S2. The highest BCUT2D eigenvalue weighted by Crippen LogP contribution is 2.31. The standard InChI is InChI=1S/C23H30N2O8S2/c1-23(14-8-5-9-15-23)20(25-35(3,30)31)17-33-22(27)13-12-21(26)32-16-19(24-34(2,28)29)18-10-6-4-7-11-18/h4-14,19-20,24-25H,15-17H2,1-3H3/b13-12+/t19-,20-,23?/m1/s1. The molecule has 35 heavy (non-hydrogen) atoms. The number of esters is 2. The number of carbonyl (C=O) groups excluding carboxylic acids is 2. The van der Waals surface area contributed by atoms with Crippen LogP contribution in [0.2, 0.25) is 0 Å². The minimum Gasteiger partial charge on any atom is -0.461 e. The van der Waals surface area contributed by atoms with E-state index in [2.05, 4.69) is 9.44 Å². The first-order valence-corrected chi connectivity index (χ1v) is 14.4. The van der Waals surface area contributed by atoms with Gasteiger partial charge in [-0.1, -0.05) is 61.6 Å². The van der Waals surface area contributed by atoms with Gasteiger partial charge in [0, 0.05) is 17.6 Å². The Bertz CT molecular complexity index is 1190. The lowest BCUT2D eigenvalue weighted by molar-refractivity contribution is -0.141. The molecule has 1 aliphatic rings. The van der Waals surface area contributed by atoms with E-state index in [4.69, 9.17) is 9.47 Å². The van der Waals surface area contributed by atoms with Gasteiger partial charge in [-0.25, -0.2) is 35.9 Å². The quantitative estimate of drug-likeness (QED) is 0.307. The van der Waals surface area contributed by atoms with Crippen molar-refractivity contribution in [1.82, 2.24) is 9.44 Å². The van der Waals surface area contributed by atoms with Crippen molar-refractivity contribution in [3.8, 4) is 0 Å². The zero-order valence-electron chi connectivity index (χ0n) is 19.7. The molecule has 0 spiro atoms. The lowest BCUT2D eigenvalue weighted by Crippen LogP contribution is -2.48. The highest BCUT2D eigenvalue weighted by atomic mass is 32.2. The highest BCUT2D eigenvalue weighted by Gasteiger charge is 2.34. The predicted octanol–water partition coefficient (Wildman–Crippen LogP) is 1.36. The molecule has 0 radical (unpaired) electrons. The fourth-order valence-electron chi connectivity index (χ4n) is 3.33. The topological polar surface area (TPSA) is 145 Å². The van der Waals surface area contributed by atoms with Gasteiger partial charge in [0.05, 0.1) is 24.6 Å². The molecular weight excluding hydrogens is 496 g/mol. The van der Waals surface area contributed by atoms with Crippen LogP contribution < -0.4 is 9.44 Å². The number of allylic oxidation sites excluding steroid dienone is 3. The lowest BCUT2D eigenvalue weighted by Gasteiger charge is -2.35. The van der Waals surface area contributed by atoms with E-state index < -0.39 is 49.5 Å². The maximum Gasteiger partial charge on any atom is 0.331 e. The minimum atomic E-state index is -3.58. The molecule has 0 saturated heterocycles. The van der Waals surface area contributed by atoms with Crippen molar-refractivity contribution in [2.45, 2.75) is 25.4 Å². The summed E-state index contributed by atoms with van der Waals surface area (Å²) in [6.45, 7) is 1.28. The van der Waals surface area contributed by atoms with Gasteiger partial charge in [0.25, 0.3) is 0 Å². The van der Waals surface area contributed by atoms with E-state index in [9.17, 15) is 26.4 Å². The molecule has 0 bridgehead atoms. The van der Waals surface area contributed by atoms with E-state index >= 15 is 0 Å². The van der Waals surface area contributed by atoms with E-state index in [0.29, 0.717) is 12.0 Å². The van der Waals surface area contributed by atoms with Crippen LogP contribution in [0.1, 0.15) is 24.9 Å². The largest absolute Gasteiger partial charge is 0.461 e. The van der Waals surface area contributed by atoms with Crippen molar-refractivity contribution in [2.24, 2.45) is 5.41 Å². The molecule has 1 unspecified atom stereocenters. The SMILES string of the molecule is CC1([C@@H](COC(=O)/C=C/C(=O)OC[C@@H](NS(C)(=O)=O)c2ccccc2)NS(C)(=O)=O)C=CC=CC1.